The van der Waals surface area contributed by atoms with Crippen molar-refractivity contribution in [1.29, 1.82) is 0 Å². The second kappa shape index (κ2) is 5.40. The molecule has 2 aromatic rings. The molecule has 2 aromatic heterocycles. The van der Waals surface area contributed by atoms with Gasteiger partial charge >= 0.3 is 0 Å². The Morgan fingerprint density at radius 3 is 3.15 bits per heavy atom. The first-order valence-electron chi connectivity index (χ1n) is 6.91. The van der Waals surface area contributed by atoms with Gasteiger partial charge < -0.3 is 4.90 Å². The average Bonchev–Trinajstić information content (AvgIpc) is 3.16. The summed E-state index contributed by atoms with van der Waals surface area (Å²) in [5, 5.41) is 6.81. The number of nitrogens with one attached hydrogen (secondary N) is 1. The standard InChI is InChI=1S/C14H17N5O/c1-2-12-16-13(18-17-12)14(20)19-8-4-6-11(19)10-5-3-7-15-9-10/h3,5,7,9,11H,2,4,6,8H2,1H3,(H,16,17,18). The Hall–Kier alpha value is -2.24. The molecule has 1 aliphatic heterocycles. The fourth-order valence-electron chi connectivity index (χ4n) is 2.61. The highest BCUT2D eigenvalue weighted by atomic mass is 16.2. The van der Waals surface area contributed by atoms with Crippen LogP contribution in [0.5, 0.6) is 0 Å². The number of H-pyrrole nitrogens is 1. The van der Waals surface area contributed by atoms with Crippen LogP contribution in [0, 0.1) is 0 Å². The molecule has 1 N–H and O–H groups in total. The molecule has 0 saturated carbocycles. The molecule has 1 fully saturated rings. The molecule has 0 aromatic carbocycles. The SMILES string of the molecule is CCc1nc(C(=O)N2CCCC2c2cccnc2)n[nH]1. The molecule has 3 heterocycles. The molecule has 6 nitrogen and oxygen atoms in total. The highest BCUT2D eigenvalue weighted by Gasteiger charge is 2.32. The van der Waals surface area contributed by atoms with Crippen LogP contribution in [-0.4, -0.2) is 37.5 Å². The maximum Gasteiger partial charge on any atom is 0.294 e. The maximum atomic E-state index is 12.5. The minimum atomic E-state index is -0.104. The number of rotatable bonds is 3. The second-order valence-electron chi connectivity index (χ2n) is 4.90. The van der Waals surface area contributed by atoms with Gasteiger partial charge in [-0.25, -0.2) is 4.98 Å². The fraction of sp³-hybridized carbons (Fsp3) is 0.429. The van der Waals surface area contributed by atoms with Crippen LogP contribution in [0.4, 0.5) is 0 Å². The lowest BCUT2D eigenvalue weighted by atomic mass is 10.1. The van der Waals surface area contributed by atoms with E-state index < -0.39 is 0 Å². The number of nitrogens with zero attached hydrogens (tertiary/aromatic N) is 4. The van der Waals surface area contributed by atoms with Gasteiger partial charge in [-0.05, 0) is 24.5 Å². The highest BCUT2D eigenvalue weighted by molar-refractivity contribution is 5.90. The predicted octanol–water partition coefficient (Wildman–Crippen LogP) is 1.74. The predicted molar refractivity (Wildman–Crippen MR) is 73.0 cm³/mol. The van der Waals surface area contributed by atoms with Gasteiger partial charge in [0.1, 0.15) is 5.82 Å². The molecule has 20 heavy (non-hydrogen) atoms. The zero-order valence-corrected chi connectivity index (χ0v) is 11.4. The number of hydrogen-bond acceptors (Lipinski definition) is 4. The third kappa shape index (κ3) is 2.29. The topological polar surface area (TPSA) is 74.8 Å². The van der Waals surface area contributed by atoms with Crippen LogP contribution in [0.25, 0.3) is 0 Å². The molecule has 0 bridgehead atoms. The first-order valence-corrected chi connectivity index (χ1v) is 6.91. The van der Waals surface area contributed by atoms with E-state index in [-0.39, 0.29) is 17.8 Å². The molecule has 1 saturated heterocycles. The van der Waals surface area contributed by atoms with Crippen LogP contribution in [-0.2, 0) is 6.42 Å². The van der Waals surface area contributed by atoms with Crippen LogP contribution in [0.15, 0.2) is 24.5 Å². The molecule has 1 atom stereocenters. The van der Waals surface area contributed by atoms with Gasteiger partial charge in [0.15, 0.2) is 0 Å². The number of carbonyl (C=O) groups is 1. The molecular weight excluding hydrogens is 254 g/mol. The van der Waals surface area contributed by atoms with Crippen molar-refractivity contribution in [3.63, 3.8) is 0 Å². The highest BCUT2D eigenvalue weighted by Crippen LogP contribution is 2.32. The second-order valence-corrected chi connectivity index (χ2v) is 4.90. The summed E-state index contributed by atoms with van der Waals surface area (Å²) in [5.74, 6) is 0.899. The normalized spacial score (nSPS) is 18.4. The molecular formula is C14H17N5O. The van der Waals surface area contributed by atoms with Crippen LogP contribution < -0.4 is 0 Å². The Kier molecular flexibility index (Phi) is 3.45. The number of hydrogen-bond donors (Lipinski definition) is 1. The summed E-state index contributed by atoms with van der Waals surface area (Å²) in [5.41, 5.74) is 1.07. The van der Waals surface area contributed by atoms with Gasteiger partial charge in [-0.2, -0.15) is 0 Å². The van der Waals surface area contributed by atoms with Crippen molar-refractivity contribution < 1.29 is 4.79 Å². The van der Waals surface area contributed by atoms with E-state index in [1.165, 1.54) is 0 Å². The van der Waals surface area contributed by atoms with E-state index in [4.69, 9.17) is 0 Å². The molecule has 0 aliphatic carbocycles. The summed E-state index contributed by atoms with van der Waals surface area (Å²) in [6, 6.07) is 4.00. The van der Waals surface area contributed by atoms with Crippen LogP contribution in [0.1, 0.15) is 47.8 Å². The average molecular weight is 271 g/mol. The monoisotopic (exact) mass is 271 g/mol. The summed E-state index contributed by atoms with van der Waals surface area (Å²) < 4.78 is 0. The number of aromatic nitrogens is 4. The minimum absolute atomic E-state index is 0.0831. The zero-order chi connectivity index (χ0) is 13.9. The summed E-state index contributed by atoms with van der Waals surface area (Å²) in [4.78, 5) is 22.7. The van der Waals surface area contributed by atoms with E-state index in [0.29, 0.717) is 0 Å². The van der Waals surface area contributed by atoms with Gasteiger partial charge in [0.2, 0.25) is 5.82 Å². The van der Waals surface area contributed by atoms with Crippen LogP contribution >= 0.6 is 0 Å². The van der Waals surface area contributed by atoms with Crippen molar-refractivity contribution in [1.82, 2.24) is 25.1 Å². The van der Waals surface area contributed by atoms with Crippen molar-refractivity contribution in [2.45, 2.75) is 32.2 Å². The maximum absolute atomic E-state index is 12.5. The summed E-state index contributed by atoms with van der Waals surface area (Å²) in [6.07, 6.45) is 6.27. The smallest absolute Gasteiger partial charge is 0.294 e. The Labute approximate surface area is 117 Å². The van der Waals surface area contributed by atoms with Crippen molar-refractivity contribution in [3.05, 3.63) is 41.7 Å². The molecule has 0 spiro atoms. The van der Waals surface area contributed by atoms with E-state index in [0.717, 1.165) is 37.2 Å². The molecule has 1 aliphatic rings. The largest absolute Gasteiger partial charge is 0.329 e. The first kappa shape index (κ1) is 12.8. The first-order chi connectivity index (χ1) is 9.79. The Bertz CT molecular complexity index is 595. The Morgan fingerprint density at radius 1 is 1.55 bits per heavy atom. The van der Waals surface area contributed by atoms with Crippen molar-refractivity contribution >= 4 is 5.91 Å². The molecule has 6 heteroatoms. The van der Waals surface area contributed by atoms with Gasteiger partial charge in [0.25, 0.3) is 5.91 Å². The summed E-state index contributed by atoms with van der Waals surface area (Å²) in [6.45, 7) is 2.72. The van der Waals surface area contributed by atoms with Crippen molar-refractivity contribution in [3.8, 4) is 0 Å². The number of aromatic amines is 1. The van der Waals surface area contributed by atoms with Gasteiger partial charge in [0, 0.05) is 25.4 Å². The summed E-state index contributed by atoms with van der Waals surface area (Å²) >= 11 is 0. The van der Waals surface area contributed by atoms with E-state index in [2.05, 4.69) is 20.2 Å². The molecule has 104 valence electrons. The van der Waals surface area contributed by atoms with Gasteiger partial charge in [0.05, 0.1) is 6.04 Å². The molecule has 1 amide bonds. The fourth-order valence-corrected chi connectivity index (χ4v) is 2.61. The number of pyridine rings is 1. The number of likely N-dealkylation sites (tertiary alicyclic amines) is 1. The van der Waals surface area contributed by atoms with Gasteiger partial charge in [-0.15, -0.1) is 5.10 Å². The summed E-state index contributed by atoms with van der Waals surface area (Å²) in [7, 11) is 0. The third-order valence-corrected chi connectivity index (χ3v) is 3.64. The lowest BCUT2D eigenvalue weighted by Gasteiger charge is -2.23. The van der Waals surface area contributed by atoms with E-state index in [1.807, 2.05) is 30.2 Å². The Balaban J connectivity index is 1.83. The van der Waals surface area contributed by atoms with E-state index >= 15 is 0 Å². The van der Waals surface area contributed by atoms with Crippen LogP contribution in [0.2, 0.25) is 0 Å². The lowest BCUT2D eigenvalue weighted by Crippen LogP contribution is -2.31. The number of carbonyl (C=O) groups excluding carboxylic acids is 1. The number of aryl methyl sites for hydroxylation is 1. The number of amides is 1. The zero-order valence-electron chi connectivity index (χ0n) is 11.4. The van der Waals surface area contributed by atoms with Crippen molar-refractivity contribution in [2.24, 2.45) is 0 Å². The molecule has 1 unspecified atom stereocenters. The van der Waals surface area contributed by atoms with Gasteiger partial charge in [-0.1, -0.05) is 13.0 Å². The lowest BCUT2D eigenvalue weighted by molar-refractivity contribution is 0.0723. The van der Waals surface area contributed by atoms with Crippen LogP contribution in [0.3, 0.4) is 0 Å². The van der Waals surface area contributed by atoms with Gasteiger partial charge in [-0.3, -0.25) is 14.9 Å². The Morgan fingerprint density at radius 2 is 2.45 bits per heavy atom. The molecule has 0 radical (unpaired) electrons. The minimum Gasteiger partial charge on any atom is -0.329 e. The van der Waals surface area contributed by atoms with Crippen molar-refractivity contribution in [2.75, 3.05) is 6.54 Å². The molecule has 3 rings (SSSR count). The van der Waals surface area contributed by atoms with E-state index in [9.17, 15) is 4.79 Å². The third-order valence-electron chi connectivity index (χ3n) is 3.64. The quantitative estimate of drug-likeness (QED) is 0.922. The van der Waals surface area contributed by atoms with E-state index in [1.54, 1.807) is 6.20 Å².